The van der Waals surface area contributed by atoms with Gasteiger partial charge in [0.15, 0.2) is 0 Å². The number of hydrogen-bond acceptors (Lipinski definition) is 2. The van der Waals surface area contributed by atoms with Crippen LogP contribution in [0.25, 0.3) is 0 Å². The van der Waals surface area contributed by atoms with Crippen LogP contribution in [0, 0.1) is 0 Å². The lowest BCUT2D eigenvalue weighted by atomic mass is 10.2. The smallest absolute Gasteiger partial charge is 0.270 e. The minimum atomic E-state index is -0.128. The zero-order valence-electron chi connectivity index (χ0n) is 9.65. The van der Waals surface area contributed by atoms with Crippen LogP contribution in [0.15, 0.2) is 30.6 Å². The van der Waals surface area contributed by atoms with Crippen molar-refractivity contribution in [1.82, 2.24) is 14.9 Å². The number of amides is 1. The Morgan fingerprint density at radius 3 is 2.78 bits per heavy atom. The minimum absolute atomic E-state index is 0.128. The summed E-state index contributed by atoms with van der Waals surface area (Å²) < 4.78 is 0. The Morgan fingerprint density at radius 2 is 2.22 bits per heavy atom. The molecule has 0 saturated carbocycles. The summed E-state index contributed by atoms with van der Waals surface area (Å²) in [6, 6.07) is 5.13. The van der Waals surface area contributed by atoms with E-state index in [1.807, 2.05) is 6.07 Å². The molecule has 2 rings (SSSR count). The summed E-state index contributed by atoms with van der Waals surface area (Å²) in [4.78, 5) is 20.4. The fourth-order valence-electron chi connectivity index (χ4n) is 1.54. The fourth-order valence-corrected chi connectivity index (χ4v) is 1.82. The van der Waals surface area contributed by atoms with Crippen LogP contribution < -0.4 is 0 Å². The summed E-state index contributed by atoms with van der Waals surface area (Å²) in [5, 5.41) is 0.948. The Hall–Kier alpha value is -1.52. The molecule has 0 fully saturated rings. The highest BCUT2D eigenvalue weighted by Gasteiger charge is 2.13. The Bertz CT molecular complexity index is 551. The van der Waals surface area contributed by atoms with Crippen LogP contribution in [0.3, 0.4) is 0 Å². The van der Waals surface area contributed by atoms with Crippen molar-refractivity contribution < 1.29 is 4.79 Å². The number of nitrogens with zero attached hydrogens (tertiary/aromatic N) is 2. The molecule has 18 heavy (non-hydrogen) atoms. The molecular weight excluding hydrogens is 273 g/mol. The quantitative estimate of drug-likeness (QED) is 0.881. The number of H-pyrrole nitrogens is 1. The number of aromatic nitrogens is 2. The Balaban J connectivity index is 2.05. The lowest BCUT2D eigenvalue weighted by Gasteiger charge is -2.16. The SMILES string of the molecule is CN(Cc1ccc(Cl)nc1)C(=O)c1cc(Cl)c[nH]1. The van der Waals surface area contributed by atoms with Gasteiger partial charge in [0.25, 0.3) is 5.91 Å². The molecule has 1 amide bonds. The van der Waals surface area contributed by atoms with Gasteiger partial charge in [-0.2, -0.15) is 0 Å². The third kappa shape index (κ3) is 3.03. The molecule has 0 atom stereocenters. The minimum Gasteiger partial charge on any atom is -0.356 e. The largest absolute Gasteiger partial charge is 0.356 e. The standard InChI is InChI=1S/C12H11Cl2N3O/c1-17(7-8-2-3-11(14)16-5-8)12(18)10-4-9(13)6-15-10/h2-6,15H,7H2,1H3. The lowest BCUT2D eigenvalue weighted by Crippen LogP contribution is -2.26. The molecule has 6 heteroatoms. The summed E-state index contributed by atoms with van der Waals surface area (Å²) in [5.74, 6) is -0.128. The van der Waals surface area contributed by atoms with E-state index in [-0.39, 0.29) is 5.91 Å². The van der Waals surface area contributed by atoms with Gasteiger partial charge in [0.1, 0.15) is 10.8 Å². The second kappa shape index (κ2) is 5.42. The van der Waals surface area contributed by atoms with Crippen LogP contribution in [-0.4, -0.2) is 27.8 Å². The van der Waals surface area contributed by atoms with Gasteiger partial charge in [0.05, 0.1) is 5.02 Å². The molecule has 0 aromatic carbocycles. The second-order valence-electron chi connectivity index (χ2n) is 3.88. The van der Waals surface area contributed by atoms with Crippen molar-refractivity contribution in [3.63, 3.8) is 0 Å². The van der Waals surface area contributed by atoms with Crippen LogP contribution in [0.5, 0.6) is 0 Å². The fraction of sp³-hybridized carbons (Fsp3) is 0.167. The van der Waals surface area contributed by atoms with E-state index in [2.05, 4.69) is 9.97 Å². The van der Waals surface area contributed by atoms with Crippen LogP contribution in [0.4, 0.5) is 0 Å². The Labute approximate surface area is 115 Å². The number of rotatable bonds is 3. The van der Waals surface area contributed by atoms with E-state index in [1.165, 1.54) is 0 Å². The zero-order chi connectivity index (χ0) is 13.1. The van der Waals surface area contributed by atoms with Gasteiger partial charge in [-0.3, -0.25) is 4.79 Å². The average Bonchev–Trinajstić information content (AvgIpc) is 2.78. The molecule has 0 aliphatic heterocycles. The van der Waals surface area contributed by atoms with E-state index in [1.54, 1.807) is 36.5 Å². The van der Waals surface area contributed by atoms with Crippen molar-refractivity contribution in [2.75, 3.05) is 7.05 Å². The Kier molecular flexibility index (Phi) is 3.89. The van der Waals surface area contributed by atoms with Crippen LogP contribution >= 0.6 is 23.2 Å². The summed E-state index contributed by atoms with van der Waals surface area (Å²) in [5.41, 5.74) is 1.37. The lowest BCUT2D eigenvalue weighted by molar-refractivity contribution is 0.0780. The molecule has 2 aromatic heterocycles. The average molecular weight is 284 g/mol. The molecule has 0 unspecified atom stereocenters. The van der Waals surface area contributed by atoms with Crippen molar-refractivity contribution in [1.29, 1.82) is 0 Å². The summed E-state index contributed by atoms with van der Waals surface area (Å²) in [7, 11) is 1.71. The second-order valence-corrected chi connectivity index (χ2v) is 4.71. The van der Waals surface area contributed by atoms with Crippen LogP contribution in [0.2, 0.25) is 10.2 Å². The topological polar surface area (TPSA) is 49.0 Å². The molecule has 4 nitrogen and oxygen atoms in total. The van der Waals surface area contributed by atoms with Crippen molar-refractivity contribution in [2.24, 2.45) is 0 Å². The maximum atomic E-state index is 12.0. The summed E-state index contributed by atoms with van der Waals surface area (Å²) in [6.07, 6.45) is 3.22. The number of aromatic amines is 1. The summed E-state index contributed by atoms with van der Waals surface area (Å²) >= 11 is 11.5. The molecular formula is C12H11Cl2N3O. The number of halogens is 2. The molecule has 0 aliphatic rings. The zero-order valence-corrected chi connectivity index (χ0v) is 11.2. The molecule has 94 valence electrons. The normalized spacial score (nSPS) is 10.4. The van der Waals surface area contributed by atoms with Gasteiger partial charge in [-0.1, -0.05) is 29.3 Å². The van der Waals surface area contributed by atoms with E-state index in [9.17, 15) is 4.79 Å². The van der Waals surface area contributed by atoms with E-state index < -0.39 is 0 Å². The molecule has 2 heterocycles. The van der Waals surface area contributed by atoms with Gasteiger partial charge in [-0.15, -0.1) is 0 Å². The van der Waals surface area contributed by atoms with Crippen molar-refractivity contribution in [2.45, 2.75) is 6.54 Å². The molecule has 0 bridgehead atoms. The number of hydrogen-bond donors (Lipinski definition) is 1. The molecule has 0 saturated heterocycles. The van der Waals surface area contributed by atoms with Gasteiger partial charge in [0.2, 0.25) is 0 Å². The van der Waals surface area contributed by atoms with Crippen LogP contribution in [-0.2, 0) is 6.54 Å². The monoisotopic (exact) mass is 283 g/mol. The molecule has 0 aliphatic carbocycles. The van der Waals surface area contributed by atoms with E-state index in [4.69, 9.17) is 23.2 Å². The van der Waals surface area contributed by atoms with Gasteiger partial charge in [-0.25, -0.2) is 4.98 Å². The first-order chi connectivity index (χ1) is 8.56. The maximum Gasteiger partial charge on any atom is 0.270 e. The Morgan fingerprint density at radius 1 is 1.44 bits per heavy atom. The van der Waals surface area contributed by atoms with E-state index >= 15 is 0 Å². The van der Waals surface area contributed by atoms with Gasteiger partial charge >= 0.3 is 0 Å². The number of carbonyl (C=O) groups excluding carboxylic acids is 1. The van der Waals surface area contributed by atoms with E-state index in [0.29, 0.717) is 22.4 Å². The molecule has 2 aromatic rings. The van der Waals surface area contributed by atoms with Gasteiger partial charge in [-0.05, 0) is 17.7 Å². The highest BCUT2D eigenvalue weighted by Crippen LogP contribution is 2.13. The third-order valence-electron chi connectivity index (χ3n) is 2.43. The predicted octanol–water partition coefficient (Wildman–Crippen LogP) is 2.99. The van der Waals surface area contributed by atoms with Crippen LogP contribution in [0.1, 0.15) is 16.1 Å². The number of pyridine rings is 1. The highest BCUT2D eigenvalue weighted by atomic mass is 35.5. The predicted molar refractivity (Wildman–Crippen MR) is 70.8 cm³/mol. The molecule has 0 radical (unpaired) electrons. The van der Waals surface area contributed by atoms with Crippen molar-refractivity contribution in [3.05, 3.63) is 52.0 Å². The van der Waals surface area contributed by atoms with Crippen molar-refractivity contribution >= 4 is 29.1 Å². The van der Waals surface area contributed by atoms with Crippen molar-refractivity contribution in [3.8, 4) is 0 Å². The van der Waals surface area contributed by atoms with Gasteiger partial charge < -0.3 is 9.88 Å². The molecule has 0 spiro atoms. The summed E-state index contributed by atoms with van der Waals surface area (Å²) in [6.45, 7) is 0.458. The number of nitrogens with one attached hydrogen (secondary N) is 1. The third-order valence-corrected chi connectivity index (χ3v) is 2.88. The first kappa shape index (κ1) is 12.9. The highest BCUT2D eigenvalue weighted by molar-refractivity contribution is 6.31. The maximum absolute atomic E-state index is 12.0. The molecule has 1 N–H and O–H groups in total. The van der Waals surface area contributed by atoms with Gasteiger partial charge in [0, 0.05) is 26.0 Å². The first-order valence-electron chi connectivity index (χ1n) is 5.26. The first-order valence-corrected chi connectivity index (χ1v) is 6.01. The number of carbonyl (C=O) groups is 1. The van der Waals surface area contributed by atoms with E-state index in [0.717, 1.165) is 5.56 Å².